The van der Waals surface area contributed by atoms with Crippen LogP contribution in [0.3, 0.4) is 0 Å². The third-order valence-corrected chi connectivity index (χ3v) is 6.60. The monoisotopic (exact) mass is 369 g/mol. The highest BCUT2D eigenvalue weighted by atomic mass is 32.1. The Labute approximate surface area is 155 Å². The molecule has 1 amide bonds. The number of nitrogens with zero attached hydrogens (tertiary/aromatic N) is 1. The molecule has 134 valence electrons. The first-order chi connectivity index (χ1) is 12.5. The zero-order valence-corrected chi connectivity index (χ0v) is 15.0. The Kier molecular flexibility index (Phi) is 4.15. The lowest BCUT2D eigenvalue weighted by atomic mass is 9.81. The highest BCUT2D eigenvalue weighted by molar-refractivity contribution is 7.12. The van der Waals surface area contributed by atoms with Crippen LogP contribution in [0.25, 0.3) is 0 Å². The van der Waals surface area contributed by atoms with Crippen LogP contribution in [0.2, 0.25) is 0 Å². The summed E-state index contributed by atoms with van der Waals surface area (Å²) in [6.07, 6.45) is 2.35. The lowest BCUT2D eigenvalue weighted by Crippen LogP contribution is -2.37. The fourth-order valence-corrected chi connectivity index (χ4v) is 5.05. The number of carboxylic acid groups (broad SMARTS) is 1. The lowest BCUT2D eigenvalue weighted by Gasteiger charge is -2.23. The number of carbonyl (C=O) groups excluding carboxylic acids is 2. The molecule has 26 heavy (non-hydrogen) atoms. The molecule has 1 saturated heterocycles. The van der Waals surface area contributed by atoms with Gasteiger partial charge in [-0.05, 0) is 36.3 Å². The van der Waals surface area contributed by atoms with Crippen LogP contribution < -0.4 is 0 Å². The van der Waals surface area contributed by atoms with E-state index in [2.05, 4.69) is 0 Å². The maximum Gasteiger partial charge on any atom is 0.311 e. The van der Waals surface area contributed by atoms with Crippen molar-refractivity contribution in [3.8, 4) is 0 Å². The van der Waals surface area contributed by atoms with Gasteiger partial charge < -0.3 is 10.0 Å². The van der Waals surface area contributed by atoms with Gasteiger partial charge in [0.25, 0.3) is 5.91 Å². The number of ketones is 1. The first-order valence-electron chi connectivity index (χ1n) is 8.73. The van der Waals surface area contributed by atoms with Gasteiger partial charge in [0.1, 0.15) is 0 Å². The maximum absolute atomic E-state index is 13.1. The third-order valence-electron chi connectivity index (χ3n) is 5.73. The zero-order valence-electron chi connectivity index (χ0n) is 14.2. The molecular weight excluding hydrogens is 350 g/mol. The van der Waals surface area contributed by atoms with E-state index >= 15 is 0 Å². The summed E-state index contributed by atoms with van der Waals surface area (Å²) in [6, 6.07) is 10.4. The number of hydrogen-bond donors (Lipinski definition) is 1. The van der Waals surface area contributed by atoms with E-state index in [0.717, 1.165) is 12.8 Å². The number of amides is 1. The average molecular weight is 369 g/mol. The molecule has 1 N–H and O–H groups in total. The molecule has 5 nitrogen and oxygen atoms in total. The molecule has 0 spiro atoms. The summed E-state index contributed by atoms with van der Waals surface area (Å²) >= 11 is 1.34. The summed E-state index contributed by atoms with van der Waals surface area (Å²) in [6.45, 7) is 0.681. The molecule has 2 atom stereocenters. The normalized spacial score (nSPS) is 24.5. The van der Waals surface area contributed by atoms with E-state index in [9.17, 15) is 19.5 Å². The van der Waals surface area contributed by atoms with E-state index in [4.69, 9.17) is 0 Å². The minimum Gasteiger partial charge on any atom is -0.481 e. The molecule has 1 aromatic heterocycles. The molecule has 2 heterocycles. The van der Waals surface area contributed by atoms with E-state index in [0.29, 0.717) is 29.0 Å². The molecular formula is C20H19NO4S. The number of aliphatic carboxylic acids is 1. The van der Waals surface area contributed by atoms with E-state index < -0.39 is 11.4 Å². The molecule has 1 aromatic carbocycles. The van der Waals surface area contributed by atoms with Gasteiger partial charge in [-0.3, -0.25) is 14.4 Å². The second-order valence-electron chi connectivity index (χ2n) is 7.09. The first-order valence-corrected chi connectivity index (χ1v) is 9.61. The minimum absolute atomic E-state index is 0.00381. The van der Waals surface area contributed by atoms with Crippen LogP contribution in [-0.4, -0.2) is 40.8 Å². The highest BCUT2D eigenvalue weighted by Gasteiger charge is 2.55. The molecule has 1 saturated carbocycles. The molecule has 4 rings (SSSR count). The molecule has 0 radical (unpaired) electrons. The summed E-state index contributed by atoms with van der Waals surface area (Å²) in [5.74, 6) is -1.22. The Balaban J connectivity index is 1.64. The van der Waals surface area contributed by atoms with Crippen molar-refractivity contribution in [2.24, 2.45) is 11.3 Å². The van der Waals surface area contributed by atoms with E-state index in [-0.39, 0.29) is 24.2 Å². The molecule has 1 aliphatic carbocycles. The summed E-state index contributed by atoms with van der Waals surface area (Å²) in [7, 11) is 0. The average Bonchev–Trinajstić information content (AvgIpc) is 3.35. The van der Waals surface area contributed by atoms with E-state index in [1.807, 2.05) is 5.38 Å². The number of carboxylic acids is 1. The van der Waals surface area contributed by atoms with Crippen LogP contribution in [0.5, 0.6) is 0 Å². The zero-order chi connectivity index (χ0) is 18.3. The molecule has 0 unspecified atom stereocenters. The fraction of sp³-hybridized carbons (Fsp3) is 0.350. The predicted octanol–water partition coefficient (Wildman–Crippen LogP) is 3.31. The van der Waals surface area contributed by atoms with Gasteiger partial charge in [-0.1, -0.05) is 30.7 Å². The Morgan fingerprint density at radius 2 is 1.88 bits per heavy atom. The molecule has 0 bridgehead atoms. The summed E-state index contributed by atoms with van der Waals surface area (Å²) in [4.78, 5) is 39.9. The van der Waals surface area contributed by atoms with Gasteiger partial charge in [-0.2, -0.15) is 0 Å². The van der Waals surface area contributed by atoms with Gasteiger partial charge in [0.2, 0.25) is 5.78 Å². The molecule has 6 heteroatoms. The van der Waals surface area contributed by atoms with Crippen molar-refractivity contribution in [1.82, 2.24) is 4.90 Å². The summed E-state index contributed by atoms with van der Waals surface area (Å²) in [5.41, 5.74) is -0.0877. The molecule has 2 fully saturated rings. The van der Waals surface area contributed by atoms with Crippen molar-refractivity contribution in [2.45, 2.75) is 19.3 Å². The Bertz CT molecular complexity index is 876. The SMILES string of the molecule is O=C(c1cccs1)c1ccccc1C(=O)N1C[C@@H]2CCC[C@@]2(C(=O)O)C1. The van der Waals surface area contributed by atoms with Gasteiger partial charge >= 0.3 is 5.97 Å². The third kappa shape index (κ3) is 2.56. The number of carbonyl (C=O) groups is 3. The van der Waals surface area contributed by atoms with Crippen LogP contribution in [0.4, 0.5) is 0 Å². The second-order valence-corrected chi connectivity index (χ2v) is 8.04. The summed E-state index contributed by atoms with van der Waals surface area (Å²) < 4.78 is 0. The molecule has 2 aromatic rings. The number of rotatable bonds is 4. The number of hydrogen-bond acceptors (Lipinski definition) is 4. The quantitative estimate of drug-likeness (QED) is 0.839. The van der Waals surface area contributed by atoms with Gasteiger partial charge in [-0.25, -0.2) is 0 Å². The van der Waals surface area contributed by atoms with Gasteiger partial charge in [0.15, 0.2) is 0 Å². The second kappa shape index (κ2) is 6.36. The molecule has 1 aliphatic heterocycles. The van der Waals surface area contributed by atoms with Crippen LogP contribution in [-0.2, 0) is 4.79 Å². The smallest absolute Gasteiger partial charge is 0.311 e. The van der Waals surface area contributed by atoms with Crippen molar-refractivity contribution in [1.29, 1.82) is 0 Å². The Hall–Kier alpha value is -2.47. The maximum atomic E-state index is 13.1. The topological polar surface area (TPSA) is 74.7 Å². The van der Waals surface area contributed by atoms with Crippen LogP contribution in [0.15, 0.2) is 41.8 Å². The largest absolute Gasteiger partial charge is 0.481 e. The molecule has 2 aliphatic rings. The minimum atomic E-state index is -0.817. The van der Waals surface area contributed by atoms with Crippen LogP contribution >= 0.6 is 11.3 Å². The van der Waals surface area contributed by atoms with Crippen molar-refractivity contribution in [2.75, 3.05) is 13.1 Å². The number of likely N-dealkylation sites (tertiary alicyclic amines) is 1. The van der Waals surface area contributed by atoms with E-state index in [1.165, 1.54) is 11.3 Å². The van der Waals surface area contributed by atoms with Gasteiger partial charge in [0.05, 0.1) is 15.9 Å². The fourth-order valence-electron chi connectivity index (χ4n) is 4.37. The standard InChI is InChI=1S/C20H19NO4S/c22-17(16-8-4-10-26-16)14-6-1-2-7-15(14)18(23)21-11-13-5-3-9-20(13,12-21)19(24)25/h1-2,4,6-8,10,13H,3,5,9,11-12H2,(H,24,25)/t13-,20+/m0/s1. The van der Waals surface area contributed by atoms with Crippen molar-refractivity contribution in [3.05, 3.63) is 57.8 Å². The van der Waals surface area contributed by atoms with Crippen molar-refractivity contribution >= 4 is 29.0 Å². The summed E-state index contributed by atoms with van der Waals surface area (Å²) in [5, 5.41) is 11.6. The predicted molar refractivity (Wildman–Crippen MR) is 97.5 cm³/mol. The Morgan fingerprint density at radius 1 is 1.12 bits per heavy atom. The number of fused-ring (bicyclic) bond motifs is 1. The van der Waals surface area contributed by atoms with E-state index in [1.54, 1.807) is 41.3 Å². The van der Waals surface area contributed by atoms with Crippen LogP contribution in [0, 0.1) is 11.3 Å². The first kappa shape index (κ1) is 17.0. The van der Waals surface area contributed by atoms with Gasteiger partial charge in [0, 0.05) is 18.7 Å². The van der Waals surface area contributed by atoms with Crippen LogP contribution in [0.1, 0.15) is 44.9 Å². The number of benzene rings is 1. The Morgan fingerprint density at radius 3 is 2.54 bits per heavy atom. The lowest BCUT2D eigenvalue weighted by molar-refractivity contribution is -0.149. The highest BCUT2D eigenvalue weighted by Crippen LogP contribution is 2.49. The number of thiophene rings is 1. The van der Waals surface area contributed by atoms with Gasteiger partial charge in [-0.15, -0.1) is 11.3 Å². The van der Waals surface area contributed by atoms with Crippen molar-refractivity contribution in [3.63, 3.8) is 0 Å². The van der Waals surface area contributed by atoms with Crippen molar-refractivity contribution < 1.29 is 19.5 Å².